The molecule has 4 aromatic heterocycles. The van der Waals surface area contributed by atoms with Crippen molar-refractivity contribution < 1.29 is 13.6 Å². The molecular weight excluding hydrogens is 506 g/mol. The average molecular weight is 528 g/mol. The fraction of sp³-hybridized carbons (Fsp3) is 0.111. The van der Waals surface area contributed by atoms with Crippen LogP contribution in [0.5, 0.6) is 0 Å². The molecule has 0 aliphatic rings. The molecule has 0 saturated heterocycles. The number of thiazole rings is 1. The number of hydrogen-bond donors (Lipinski definition) is 1. The standard InChI is InChI=1S/C27H21N5O3S2/c1-17-6-11-21-23(14-17)37-26(29-21)18-7-9-19(10-8-18)28-24(33)16-36-27-31-30-25(22-5-3-13-35-22)32(27)15-20-4-2-12-34-20/h2-14H,15-16H2,1H3,(H,28,33). The van der Waals surface area contributed by atoms with E-state index < -0.39 is 0 Å². The van der Waals surface area contributed by atoms with Gasteiger partial charge in [0.2, 0.25) is 11.7 Å². The molecule has 184 valence electrons. The summed E-state index contributed by atoms with van der Waals surface area (Å²) >= 11 is 2.97. The second kappa shape index (κ2) is 10.1. The molecule has 0 bridgehead atoms. The molecule has 2 aromatic carbocycles. The van der Waals surface area contributed by atoms with E-state index in [0.717, 1.165) is 27.5 Å². The minimum Gasteiger partial charge on any atom is -0.467 e. The predicted molar refractivity (Wildman–Crippen MR) is 145 cm³/mol. The van der Waals surface area contributed by atoms with Gasteiger partial charge in [0, 0.05) is 11.3 Å². The minimum absolute atomic E-state index is 0.139. The van der Waals surface area contributed by atoms with Crippen LogP contribution in [-0.4, -0.2) is 31.4 Å². The molecule has 6 aromatic rings. The van der Waals surface area contributed by atoms with Crippen molar-refractivity contribution in [2.45, 2.75) is 18.6 Å². The lowest BCUT2D eigenvalue weighted by atomic mass is 10.2. The molecule has 1 amide bonds. The number of amides is 1. The first-order valence-corrected chi connectivity index (χ1v) is 13.3. The molecule has 6 rings (SSSR count). The fourth-order valence-electron chi connectivity index (χ4n) is 3.86. The molecule has 0 spiro atoms. The third-order valence-electron chi connectivity index (χ3n) is 5.64. The Balaban J connectivity index is 1.13. The lowest BCUT2D eigenvalue weighted by molar-refractivity contribution is -0.113. The fourth-order valence-corrected chi connectivity index (χ4v) is 5.67. The Morgan fingerprint density at radius 2 is 1.86 bits per heavy atom. The zero-order chi connectivity index (χ0) is 25.2. The largest absolute Gasteiger partial charge is 0.467 e. The Morgan fingerprint density at radius 1 is 1.03 bits per heavy atom. The number of benzene rings is 2. The summed E-state index contributed by atoms with van der Waals surface area (Å²) in [6.45, 7) is 2.50. The van der Waals surface area contributed by atoms with Crippen LogP contribution in [0.4, 0.5) is 5.69 Å². The van der Waals surface area contributed by atoms with Crippen molar-refractivity contribution in [1.82, 2.24) is 19.7 Å². The maximum atomic E-state index is 12.7. The number of hydrogen-bond acceptors (Lipinski definition) is 8. The molecule has 0 aliphatic carbocycles. The maximum absolute atomic E-state index is 12.7. The van der Waals surface area contributed by atoms with E-state index in [-0.39, 0.29) is 11.7 Å². The van der Waals surface area contributed by atoms with Crippen molar-refractivity contribution in [1.29, 1.82) is 0 Å². The van der Waals surface area contributed by atoms with E-state index in [1.165, 1.54) is 22.0 Å². The Morgan fingerprint density at radius 3 is 2.65 bits per heavy atom. The van der Waals surface area contributed by atoms with E-state index in [1.54, 1.807) is 29.9 Å². The molecule has 8 nitrogen and oxygen atoms in total. The quantitative estimate of drug-likeness (QED) is 0.226. The van der Waals surface area contributed by atoms with Gasteiger partial charge in [0.1, 0.15) is 10.8 Å². The van der Waals surface area contributed by atoms with E-state index in [4.69, 9.17) is 13.8 Å². The second-order valence-electron chi connectivity index (χ2n) is 8.35. The molecule has 0 saturated carbocycles. The van der Waals surface area contributed by atoms with Crippen LogP contribution in [0.25, 0.3) is 32.4 Å². The summed E-state index contributed by atoms with van der Waals surface area (Å²) in [7, 11) is 0. The average Bonchev–Trinajstić information content (AvgIpc) is 3.71. The van der Waals surface area contributed by atoms with E-state index in [0.29, 0.717) is 23.3 Å². The summed E-state index contributed by atoms with van der Waals surface area (Å²) in [5, 5.41) is 13.1. The molecular formula is C27H21N5O3S2. The summed E-state index contributed by atoms with van der Waals surface area (Å²) in [6.07, 6.45) is 3.21. The third-order valence-corrected chi connectivity index (χ3v) is 7.68. The SMILES string of the molecule is Cc1ccc2nc(-c3ccc(NC(=O)CSc4nnc(-c5ccco5)n4Cc4ccco4)cc3)sc2c1. The predicted octanol–water partition coefficient (Wildman–Crippen LogP) is 6.50. The number of nitrogens with zero attached hydrogens (tertiary/aromatic N) is 4. The summed E-state index contributed by atoms with van der Waals surface area (Å²) in [5.41, 5.74) is 3.95. The highest BCUT2D eigenvalue weighted by Crippen LogP contribution is 2.31. The van der Waals surface area contributed by atoms with Gasteiger partial charge in [-0.05, 0) is 73.2 Å². The number of furan rings is 2. The topological polar surface area (TPSA) is 99.0 Å². The van der Waals surface area contributed by atoms with Crippen molar-refractivity contribution in [2.75, 3.05) is 11.1 Å². The van der Waals surface area contributed by atoms with E-state index >= 15 is 0 Å². The van der Waals surface area contributed by atoms with Crippen molar-refractivity contribution in [3.05, 3.63) is 90.6 Å². The van der Waals surface area contributed by atoms with Crippen molar-refractivity contribution in [3.63, 3.8) is 0 Å². The van der Waals surface area contributed by atoms with Crippen LogP contribution >= 0.6 is 23.1 Å². The normalized spacial score (nSPS) is 11.3. The number of anilines is 1. The number of aromatic nitrogens is 4. The van der Waals surface area contributed by atoms with E-state index in [1.807, 2.05) is 53.1 Å². The Hall–Kier alpha value is -4.15. The molecule has 4 heterocycles. The van der Waals surface area contributed by atoms with Gasteiger partial charge in [-0.3, -0.25) is 9.36 Å². The molecule has 37 heavy (non-hydrogen) atoms. The molecule has 1 N–H and O–H groups in total. The van der Waals surface area contributed by atoms with Gasteiger partial charge in [-0.15, -0.1) is 21.5 Å². The smallest absolute Gasteiger partial charge is 0.234 e. The monoisotopic (exact) mass is 527 g/mol. The summed E-state index contributed by atoms with van der Waals surface area (Å²) in [4.78, 5) is 17.4. The zero-order valence-corrected chi connectivity index (χ0v) is 21.4. The van der Waals surface area contributed by atoms with Crippen LogP contribution in [0.1, 0.15) is 11.3 Å². The highest BCUT2D eigenvalue weighted by Gasteiger charge is 2.19. The van der Waals surface area contributed by atoms with Crippen molar-refractivity contribution in [3.8, 4) is 22.2 Å². The Kier molecular flexibility index (Phi) is 6.33. The van der Waals surface area contributed by atoms with Gasteiger partial charge in [0.15, 0.2) is 10.9 Å². The van der Waals surface area contributed by atoms with Gasteiger partial charge in [-0.25, -0.2) is 4.98 Å². The second-order valence-corrected chi connectivity index (χ2v) is 10.3. The highest BCUT2D eigenvalue weighted by molar-refractivity contribution is 7.99. The zero-order valence-electron chi connectivity index (χ0n) is 19.7. The minimum atomic E-state index is -0.139. The molecule has 10 heteroatoms. The van der Waals surface area contributed by atoms with Gasteiger partial charge in [-0.1, -0.05) is 17.8 Å². The number of thioether (sulfide) groups is 1. The number of aryl methyl sites for hydroxylation is 1. The van der Waals surface area contributed by atoms with Gasteiger partial charge >= 0.3 is 0 Å². The van der Waals surface area contributed by atoms with Gasteiger partial charge in [0.25, 0.3) is 0 Å². The van der Waals surface area contributed by atoms with Crippen molar-refractivity contribution >= 4 is 44.9 Å². The lowest BCUT2D eigenvalue weighted by Crippen LogP contribution is -2.14. The van der Waals surface area contributed by atoms with Crippen LogP contribution in [-0.2, 0) is 11.3 Å². The van der Waals surface area contributed by atoms with Crippen LogP contribution in [0.3, 0.4) is 0 Å². The molecule has 0 unspecified atom stereocenters. The van der Waals surface area contributed by atoms with E-state index in [2.05, 4.69) is 34.6 Å². The molecule has 0 atom stereocenters. The van der Waals surface area contributed by atoms with Gasteiger partial charge in [0.05, 0.1) is 35.0 Å². The van der Waals surface area contributed by atoms with Crippen LogP contribution in [0.2, 0.25) is 0 Å². The molecule has 0 fully saturated rings. The Bertz CT molecular complexity index is 1650. The summed E-state index contributed by atoms with van der Waals surface area (Å²) in [5.74, 6) is 1.96. The third kappa shape index (κ3) is 5.07. The first-order chi connectivity index (χ1) is 18.1. The first-order valence-electron chi connectivity index (χ1n) is 11.5. The lowest BCUT2D eigenvalue weighted by Gasteiger charge is -2.08. The summed E-state index contributed by atoms with van der Waals surface area (Å²) in [6, 6.07) is 21.3. The highest BCUT2D eigenvalue weighted by atomic mass is 32.2. The molecule has 0 radical (unpaired) electrons. The number of carbonyl (C=O) groups is 1. The summed E-state index contributed by atoms with van der Waals surface area (Å²) < 4.78 is 14.1. The van der Waals surface area contributed by atoms with E-state index in [9.17, 15) is 4.79 Å². The van der Waals surface area contributed by atoms with Crippen molar-refractivity contribution in [2.24, 2.45) is 0 Å². The number of nitrogens with one attached hydrogen (secondary N) is 1. The van der Waals surface area contributed by atoms with Gasteiger partial charge in [-0.2, -0.15) is 0 Å². The first kappa shape index (κ1) is 23.3. The number of carbonyl (C=O) groups excluding carboxylic acids is 1. The number of rotatable bonds is 8. The molecule has 0 aliphatic heterocycles. The van der Waals surface area contributed by atoms with Crippen LogP contribution < -0.4 is 5.32 Å². The van der Waals surface area contributed by atoms with Crippen LogP contribution in [0, 0.1) is 6.92 Å². The maximum Gasteiger partial charge on any atom is 0.234 e. The Labute approximate surface area is 220 Å². The van der Waals surface area contributed by atoms with Crippen LogP contribution in [0.15, 0.2) is 93.2 Å². The van der Waals surface area contributed by atoms with Gasteiger partial charge < -0.3 is 14.2 Å². The number of fused-ring (bicyclic) bond motifs is 1.